The van der Waals surface area contributed by atoms with E-state index in [1.54, 1.807) is 6.08 Å². The van der Waals surface area contributed by atoms with Crippen LogP contribution in [0.15, 0.2) is 17.1 Å². The molecule has 2 amide bonds. The molecular formula is C21H27N5O5. The number of carbonyl (C=O) groups excluding carboxylic acids is 2. The molecule has 0 unspecified atom stereocenters. The quantitative estimate of drug-likeness (QED) is 0.669. The van der Waals surface area contributed by atoms with Gasteiger partial charge in [0.25, 0.3) is 17.4 Å². The van der Waals surface area contributed by atoms with Crippen LogP contribution in [0.5, 0.6) is 5.88 Å². The van der Waals surface area contributed by atoms with E-state index in [-0.39, 0.29) is 23.4 Å². The van der Waals surface area contributed by atoms with Crippen molar-refractivity contribution in [3.8, 4) is 5.88 Å². The Morgan fingerprint density at radius 2 is 2.13 bits per heavy atom. The summed E-state index contributed by atoms with van der Waals surface area (Å²) in [6, 6.07) is 0.0414. The first-order valence-corrected chi connectivity index (χ1v) is 10.6. The van der Waals surface area contributed by atoms with Gasteiger partial charge in [0.05, 0.1) is 12.8 Å². The minimum atomic E-state index is -0.698. The van der Waals surface area contributed by atoms with Crippen molar-refractivity contribution in [2.45, 2.75) is 52.1 Å². The second kappa shape index (κ2) is 8.54. The molecule has 1 aliphatic carbocycles. The molecule has 10 nitrogen and oxygen atoms in total. The fourth-order valence-corrected chi connectivity index (χ4v) is 3.56. The minimum absolute atomic E-state index is 0.0414. The number of rotatable bonds is 6. The van der Waals surface area contributed by atoms with Crippen LogP contribution in [0.3, 0.4) is 0 Å². The van der Waals surface area contributed by atoms with Gasteiger partial charge in [0.2, 0.25) is 5.88 Å². The van der Waals surface area contributed by atoms with Crippen molar-refractivity contribution in [2.75, 3.05) is 13.2 Å². The molecule has 1 saturated carbocycles. The van der Waals surface area contributed by atoms with Crippen molar-refractivity contribution in [3.05, 3.63) is 33.8 Å². The highest BCUT2D eigenvalue weighted by atomic mass is 16.7. The van der Waals surface area contributed by atoms with Gasteiger partial charge in [0.15, 0.2) is 5.56 Å². The maximum atomic E-state index is 13.0. The third-order valence-electron chi connectivity index (χ3n) is 5.25. The van der Waals surface area contributed by atoms with Gasteiger partial charge in [-0.1, -0.05) is 13.8 Å². The Morgan fingerprint density at radius 1 is 1.35 bits per heavy atom. The zero-order valence-corrected chi connectivity index (χ0v) is 17.7. The lowest BCUT2D eigenvalue weighted by atomic mass is 10.2. The van der Waals surface area contributed by atoms with Gasteiger partial charge in [0, 0.05) is 30.8 Å². The molecule has 4 rings (SSSR count). The van der Waals surface area contributed by atoms with Crippen molar-refractivity contribution >= 4 is 23.5 Å². The fourth-order valence-electron chi connectivity index (χ4n) is 3.56. The lowest BCUT2D eigenvalue weighted by molar-refractivity contribution is -0.191. The molecule has 0 atom stereocenters. The molecule has 1 saturated heterocycles. The number of aromatic nitrogens is 3. The van der Waals surface area contributed by atoms with E-state index in [1.807, 2.05) is 13.8 Å². The van der Waals surface area contributed by atoms with Gasteiger partial charge >= 0.3 is 0 Å². The first kappa shape index (κ1) is 21.1. The summed E-state index contributed by atoms with van der Waals surface area (Å²) in [5.74, 6) is -1.19. The number of amides is 2. The van der Waals surface area contributed by atoms with E-state index < -0.39 is 17.3 Å². The van der Waals surface area contributed by atoms with Crippen LogP contribution in [0.25, 0.3) is 11.7 Å². The average molecular weight is 429 g/mol. The number of hydrogen-bond acceptors (Lipinski definition) is 6. The summed E-state index contributed by atoms with van der Waals surface area (Å²) in [6.07, 6.45) is 7.86. The van der Waals surface area contributed by atoms with E-state index in [2.05, 4.69) is 10.4 Å². The van der Waals surface area contributed by atoms with E-state index >= 15 is 0 Å². The summed E-state index contributed by atoms with van der Waals surface area (Å²) in [7, 11) is 0. The number of nitrogens with zero attached hydrogens (tertiary/aromatic N) is 4. The lowest BCUT2D eigenvalue weighted by Crippen LogP contribution is -2.35. The van der Waals surface area contributed by atoms with E-state index in [1.165, 1.54) is 21.9 Å². The largest absolute Gasteiger partial charge is 0.494 e. The summed E-state index contributed by atoms with van der Waals surface area (Å²) < 4.78 is 2.61. The number of fused-ring (bicyclic) bond motifs is 1. The molecule has 0 radical (unpaired) electrons. The molecule has 31 heavy (non-hydrogen) atoms. The minimum Gasteiger partial charge on any atom is -0.494 e. The number of hydroxylamine groups is 2. The Balaban J connectivity index is 1.75. The molecule has 2 fully saturated rings. The van der Waals surface area contributed by atoms with Crippen LogP contribution < -0.4 is 10.9 Å². The predicted molar refractivity (Wildman–Crippen MR) is 112 cm³/mol. The second-order valence-corrected chi connectivity index (χ2v) is 8.41. The van der Waals surface area contributed by atoms with Crippen LogP contribution in [0.2, 0.25) is 0 Å². The second-order valence-electron chi connectivity index (χ2n) is 8.41. The van der Waals surface area contributed by atoms with Crippen molar-refractivity contribution in [1.82, 2.24) is 24.6 Å². The molecule has 3 heterocycles. The Morgan fingerprint density at radius 3 is 2.77 bits per heavy atom. The Labute approximate surface area is 179 Å². The zero-order chi connectivity index (χ0) is 22.1. The standard InChI is InChI=1S/C21H27N5O5/c1-13(2)12-24-19-14(5-8-16(27)25-9-3-4-10-31-25)11-22-26(19)21(30)17(20(24)29)18(28)23-15-6-7-15/h5,8,11,13,15,29H,3-4,6-7,9-10,12H2,1-2H3,(H,23,28)/b8-5+. The van der Waals surface area contributed by atoms with E-state index in [0.717, 1.165) is 30.2 Å². The van der Waals surface area contributed by atoms with Crippen LogP contribution in [-0.2, 0) is 16.2 Å². The molecule has 2 N–H and O–H groups in total. The SMILES string of the molecule is CC(C)Cn1c(O)c(C(=O)NC2CC2)c(=O)n2ncc(/C=C/C(=O)N3CCCCO3)c12. The molecule has 0 aromatic carbocycles. The van der Waals surface area contributed by atoms with Crippen molar-refractivity contribution in [3.63, 3.8) is 0 Å². The summed E-state index contributed by atoms with van der Waals surface area (Å²) in [4.78, 5) is 43.3. The highest BCUT2D eigenvalue weighted by molar-refractivity contribution is 5.97. The molecule has 1 aliphatic heterocycles. The number of hydrogen-bond donors (Lipinski definition) is 2. The van der Waals surface area contributed by atoms with Gasteiger partial charge in [-0.2, -0.15) is 9.61 Å². The molecule has 10 heteroatoms. The van der Waals surface area contributed by atoms with Gasteiger partial charge in [-0.05, 0) is 37.7 Å². The molecule has 2 aromatic heterocycles. The van der Waals surface area contributed by atoms with Crippen LogP contribution in [0, 0.1) is 5.92 Å². The van der Waals surface area contributed by atoms with E-state index in [4.69, 9.17) is 4.84 Å². The molecule has 2 aliphatic rings. The highest BCUT2D eigenvalue weighted by Gasteiger charge is 2.30. The average Bonchev–Trinajstić information content (AvgIpc) is 3.45. The lowest BCUT2D eigenvalue weighted by Gasteiger charge is -2.24. The van der Waals surface area contributed by atoms with E-state index in [9.17, 15) is 19.5 Å². The Kier molecular flexibility index (Phi) is 5.81. The zero-order valence-electron chi connectivity index (χ0n) is 17.7. The van der Waals surface area contributed by atoms with Gasteiger partial charge < -0.3 is 10.4 Å². The fraction of sp³-hybridized carbons (Fsp3) is 0.524. The third kappa shape index (κ3) is 4.34. The van der Waals surface area contributed by atoms with Crippen LogP contribution in [-0.4, -0.2) is 55.4 Å². The molecular weight excluding hydrogens is 402 g/mol. The number of carbonyl (C=O) groups is 2. The number of aromatic hydroxyl groups is 1. The van der Waals surface area contributed by atoms with Crippen molar-refractivity contribution in [2.24, 2.45) is 5.92 Å². The normalized spacial score (nSPS) is 17.1. The van der Waals surface area contributed by atoms with E-state index in [0.29, 0.717) is 30.9 Å². The molecule has 0 bridgehead atoms. The number of nitrogens with one attached hydrogen (secondary N) is 1. The first-order valence-electron chi connectivity index (χ1n) is 10.6. The maximum absolute atomic E-state index is 13.0. The Bertz CT molecular complexity index is 1090. The van der Waals surface area contributed by atoms with Crippen molar-refractivity contribution < 1.29 is 19.5 Å². The van der Waals surface area contributed by atoms with Crippen molar-refractivity contribution in [1.29, 1.82) is 0 Å². The van der Waals surface area contributed by atoms with Gasteiger partial charge in [-0.15, -0.1) is 0 Å². The third-order valence-corrected chi connectivity index (χ3v) is 5.25. The van der Waals surface area contributed by atoms with Gasteiger partial charge in [-0.25, -0.2) is 5.06 Å². The Hall–Kier alpha value is -3.14. The summed E-state index contributed by atoms with van der Waals surface area (Å²) in [6.45, 7) is 5.30. The first-order chi connectivity index (χ1) is 14.9. The topological polar surface area (TPSA) is 118 Å². The maximum Gasteiger partial charge on any atom is 0.291 e. The summed E-state index contributed by atoms with van der Waals surface area (Å²) in [5.41, 5.74) is -0.220. The highest BCUT2D eigenvalue weighted by Crippen LogP contribution is 2.24. The van der Waals surface area contributed by atoms with Crippen LogP contribution >= 0.6 is 0 Å². The molecule has 166 valence electrons. The molecule has 2 aromatic rings. The van der Waals surface area contributed by atoms with Crippen LogP contribution in [0.4, 0.5) is 0 Å². The van der Waals surface area contributed by atoms with Gasteiger partial charge in [0.1, 0.15) is 5.65 Å². The molecule has 0 spiro atoms. The summed E-state index contributed by atoms with van der Waals surface area (Å²) >= 11 is 0. The predicted octanol–water partition coefficient (Wildman–Crippen LogP) is 1.32. The smallest absolute Gasteiger partial charge is 0.291 e. The van der Waals surface area contributed by atoms with Gasteiger partial charge in [-0.3, -0.25) is 23.8 Å². The monoisotopic (exact) mass is 429 g/mol. The van der Waals surface area contributed by atoms with Crippen LogP contribution in [0.1, 0.15) is 55.5 Å². The summed E-state index contributed by atoms with van der Waals surface area (Å²) in [5, 5.41) is 19.1.